The van der Waals surface area contributed by atoms with Crippen molar-refractivity contribution in [1.82, 2.24) is 14.8 Å². The maximum Gasteiger partial charge on any atom is 0.250 e. The molecule has 2 amide bonds. The van der Waals surface area contributed by atoms with Crippen LogP contribution in [0.3, 0.4) is 0 Å². The van der Waals surface area contributed by atoms with Crippen molar-refractivity contribution in [2.45, 2.75) is 38.0 Å². The molecule has 7 nitrogen and oxygen atoms in total. The fourth-order valence-corrected chi connectivity index (χ4v) is 5.11. The highest BCUT2D eigenvalue weighted by Gasteiger charge is 2.58. The van der Waals surface area contributed by atoms with Gasteiger partial charge in [-0.25, -0.2) is 4.39 Å². The molecule has 4 atom stereocenters. The topological polar surface area (TPSA) is 91.6 Å². The van der Waals surface area contributed by atoms with E-state index < -0.39 is 23.9 Å². The van der Waals surface area contributed by atoms with E-state index in [-0.39, 0.29) is 48.8 Å². The quantitative estimate of drug-likeness (QED) is 0.753. The maximum atomic E-state index is 13.3. The SMILES string of the molecule is O=C(NCc1ccc(F)cc1)[C@@H]1[C@@H](CO)[C@@H]2Cn3c(cccc3=O)[C@H]1N2C(=O)C1CC1. The molecule has 1 aromatic carbocycles. The van der Waals surface area contributed by atoms with Gasteiger partial charge < -0.3 is 19.9 Å². The van der Waals surface area contributed by atoms with Gasteiger partial charge in [-0.15, -0.1) is 0 Å². The Morgan fingerprint density at radius 3 is 2.55 bits per heavy atom. The third-order valence-electron chi connectivity index (χ3n) is 6.78. The highest BCUT2D eigenvalue weighted by molar-refractivity contribution is 5.86. The van der Waals surface area contributed by atoms with Gasteiger partial charge in [-0.1, -0.05) is 18.2 Å². The molecule has 31 heavy (non-hydrogen) atoms. The Morgan fingerprint density at radius 2 is 1.87 bits per heavy atom. The summed E-state index contributed by atoms with van der Waals surface area (Å²) in [5, 5.41) is 13.1. The number of halogens is 1. The second-order valence-corrected chi connectivity index (χ2v) is 8.65. The van der Waals surface area contributed by atoms with Gasteiger partial charge in [-0.05, 0) is 36.6 Å². The number of rotatable bonds is 5. The van der Waals surface area contributed by atoms with Crippen LogP contribution in [0.25, 0.3) is 0 Å². The average molecular weight is 425 g/mol. The minimum atomic E-state index is -0.673. The maximum absolute atomic E-state index is 13.3. The van der Waals surface area contributed by atoms with Crippen molar-refractivity contribution in [3.05, 3.63) is 69.9 Å². The lowest BCUT2D eigenvalue weighted by atomic mass is 9.86. The van der Waals surface area contributed by atoms with Gasteiger partial charge in [0.05, 0.1) is 18.0 Å². The Morgan fingerprint density at radius 1 is 1.13 bits per heavy atom. The Kier molecular flexibility index (Phi) is 4.89. The van der Waals surface area contributed by atoms with E-state index in [1.165, 1.54) is 18.2 Å². The smallest absolute Gasteiger partial charge is 0.250 e. The van der Waals surface area contributed by atoms with E-state index >= 15 is 0 Å². The molecule has 8 heteroatoms. The second kappa shape index (κ2) is 7.60. The largest absolute Gasteiger partial charge is 0.396 e. The molecule has 162 valence electrons. The Hall–Kier alpha value is -3.00. The van der Waals surface area contributed by atoms with Gasteiger partial charge in [0.15, 0.2) is 0 Å². The summed E-state index contributed by atoms with van der Waals surface area (Å²) in [7, 11) is 0. The zero-order chi connectivity index (χ0) is 21.7. The standard InChI is InChI=1S/C23H24FN3O4/c24-15-8-4-13(5-9-15)10-25-22(30)20-16(12-28)18-11-26-17(2-1-3-19(26)29)21(20)27(18)23(31)14-6-7-14/h1-5,8-9,14,16,18,20-21,28H,6-7,10-12H2,(H,25,30)/t16-,18-,20+,21+/m0/s1. The summed E-state index contributed by atoms with van der Waals surface area (Å²) in [6.45, 7) is 0.229. The van der Waals surface area contributed by atoms with E-state index in [1.54, 1.807) is 33.7 Å². The van der Waals surface area contributed by atoms with Crippen LogP contribution in [0, 0.1) is 23.6 Å². The molecule has 5 rings (SSSR count). The number of aliphatic hydroxyl groups excluding tert-OH is 1. The zero-order valence-corrected chi connectivity index (χ0v) is 16.9. The monoisotopic (exact) mass is 425 g/mol. The highest BCUT2D eigenvalue weighted by atomic mass is 19.1. The lowest BCUT2D eigenvalue weighted by Gasteiger charge is -2.38. The number of amides is 2. The van der Waals surface area contributed by atoms with Crippen LogP contribution in [0.2, 0.25) is 0 Å². The first-order valence-corrected chi connectivity index (χ1v) is 10.6. The van der Waals surface area contributed by atoms with E-state index in [2.05, 4.69) is 5.32 Å². The van der Waals surface area contributed by atoms with Gasteiger partial charge in [-0.3, -0.25) is 14.4 Å². The zero-order valence-electron chi connectivity index (χ0n) is 16.9. The van der Waals surface area contributed by atoms with Crippen LogP contribution in [-0.2, 0) is 22.7 Å². The molecule has 0 radical (unpaired) electrons. The summed E-state index contributed by atoms with van der Waals surface area (Å²) in [5.41, 5.74) is 1.21. The van der Waals surface area contributed by atoms with E-state index in [0.717, 1.165) is 18.4 Å². The molecular weight excluding hydrogens is 401 g/mol. The van der Waals surface area contributed by atoms with Gasteiger partial charge in [0.1, 0.15) is 5.82 Å². The normalized spacial score (nSPS) is 26.5. The number of nitrogens with zero attached hydrogens (tertiary/aromatic N) is 2. The van der Waals surface area contributed by atoms with Crippen molar-refractivity contribution >= 4 is 11.8 Å². The van der Waals surface area contributed by atoms with Gasteiger partial charge in [-0.2, -0.15) is 0 Å². The fraction of sp³-hybridized carbons (Fsp3) is 0.435. The number of carbonyl (C=O) groups is 2. The van der Waals surface area contributed by atoms with Crippen molar-refractivity contribution in [2.24, 2.45) is 17.8 Å². The number of hydrogen-bond acceptors (Lipinski definition) is 4. The third-order valence-corrected chi connectivity index (χ3v) is 6.78. The average Bonchev–Trinajstić information content (AvgIpc) is 3.58. The molecular formula is C23H24FN3O4. The molecule has 2 fully saturated rings. The molecule has 0 unspecified atom stereocenters. The van der Waals surface area contributed by atoms with Gasteiger partial charge in [0, 0.05) is 43.3 Å². The van der Waals surface area contributed by atoms with Crippen molar-refractivity contribution in [1.29, 1.82) is 0 Å². The minimum absolute atomic E-state index is 0.00448. The number of hydrogen-bond donors (Lipinski definition) is 2. The first-order chi connectivity index (χ1) is 15.0. The molecule has 1 saturated heterocycles. The van der Waals surface area contributed by atoms with Crippen LogP contribution in [0.1, 0.15) is 30.1 Å². The molecule has 2 N–H and O–H groups in total. The predicted molar refractivity (Wildman–Crippen MR) is 109 cm³/mol. The molecule has 2 bridgehead atoms. The Balaban J connectivity index is 1.49. The summed E-state index contributed by atoms with van der Waals surface area (Å²) < 4.78 is 14.8. The lowest BCUT2D eigenvalue weighted by Crippen LogP contribution is -2.49. The van der Waals surface area contributed by atoms with Crippen LogP contribution < -0.4 is 10.9 Å². The first kappa shape index (κ1) is 19.9. The van der Waals surface area contributed by atoms with Gasteiger partial charge >= 0.3 is 0 Å². The number of aromatic nitrogens is 1. The number of aliphatic hydroxyl groups is 1. The lowest BCUT2D eigenvalue weighted by molar-refractivity contribution is -0.138. The molecule has 2 aliphatic heterocycles. The van der Waals surface area contributed by atoms with Crippen LogP contribution in [-0.4, -0.2) is 39.0 Å². The molecule has 2 aromatic rings. The van der Waals surface area contributed by atoms with E-state index in [1.807, 2.05) is 0 Å². The predicted octanol–water partition coefficient (Wildman–Crippen LogP) is 1.20. The molecule has 3 heterocycles. The molecule has 1 aromatic heterocycles. The van der Waals surface area contributed by atoms with Crippen LogP contribution in [0.5, 0.6) is 0 Å². The first-order valence-electron chi connectivity index (χ1n) is 10.6. The van der Waals surface area contributed by atoms with Crippen LogP contribution in [0.4, 0.5) is 4.39 Å². The molecule has 1 saturated carbocycles. The molecule has 1 aliphatic carbocycles. The number of nitrogens with one attached hydrogen (secondary N) is 1. The van der Waals surface area contributed by atoms with E-state index in [4.69, 9.17) is 0 Å². The number of benzene rings is 1. The third kappa shape index (κ3) is 3.35. The van der Waals surface area contributed by atoms with Crippen molar-refractivity contribution in [2.75, 3.05) is 6.61 Å². The highest BCUT2D eigenvalue weighted by Crippen LogP contribution is 2.50. The summed E-state index contributed by atoms with van der Waals surface area (Å²) >= 11 is 0. The summed E-state index contributed by atoms with van der Waals surface area (Å²) in [4.78, 5) is 40.7. The van der Waals surface area contributed by atoms with Crippen LogP contribution in [0.15, 0.2) is 47.3 Å². The molecule has 3 aliphatic rings. The van der Waals surface area contributed by atoms with Crippen molar-refractivity contribution in [3.63, 3.8) is 0 Å². The molecule has 0 spiro atoms. The van der Waals surface area contributed by atoms with E-state index in [9.17, 15) is 23.9 Å². The fourth-order valence-electron chi connectivity index (χ4n) is 5.11. The van der Waals surface area contributed by atoms with Crippen molar-refractivity contribution in [3.8, 4) is 0 Å². The second-order valence-electron chi connectivity index (χ2n) is 8.65. The van der Waals surface area contributed by atoms with Crippen LogP contribution >= 0.6 is 0 Å². The van der Waals surface area contributed by atoms with E-state index in [0.29, 0.717) is 5.69 Å². The number of pyridine rings is 1. The number of carbonyl (C=O) groups excluding carboxylic acids is 2. The van der Waals surface area contributed by atoms with Gasteiger partial charge in [0.2, 0.25) is 11.8 Å². The summed E-state index contributed by atoms with van der Waals surface area (Å²) in [6.07, 6.45) is 1.67. The summed E-state index contributed by atoms with van der Waals surface area (Å²) in [6, 6.07) is 9.78. The Bertz CT molecular complexity index is 1080. The number of fused-ring (bicyclic) bond motifs is 4. The van der Waals surface area contributed by atoms with Gasteiger partial charge in [0.25, 0.3) is 5.56 Å². The Labute approximate surface area is 178 Å². The minimum Gasteiger partial charge on any atom is -0.396 e. The summed E-state index contributed by atoms with van der Waals surface area (Å²) in [5.74, 6) is -1.81. The van der Waals surface area contributed by atoms with Crippen molar-refractivity contribution < 1.29 is 19.1 Å².